The lowest BCUT2D eigenvalue weighted by Gasteiger charge is -2.21. The molecule has 2 aromatic carbocycles. The fraction of sp³-hybridized carbons (Fsp3) is 0.250. The van der Waals surface area contributed by atoms with Crippen molar-refractivity contribution in [2.75, 3.05) is 6.54 Å². The summed E-state index contributed by atoms with van der Waals surface area (Å²) in [5, 5.41) is 3.23. The molecular weight excluding hydrogens is 343 g/mol. The maximum Gasteiger partial charge on any atom is 0.173 e. The van der Waals surface area contributed by atoms with Gasteiger partial charge in [-0.3, -0.25) is 0 Å². The zero-order valence-electron chi connectivity index (χ0n) is 11.5. The summed E-state index contributed by atoms with van der Waals surface area (Å²) >= 11 is 3.09. The van der Waals surface area contributed by atoms with Crippen molar-refractivity contribution in [3.8, 4) is 0 Å². The van der Waals surface area contributed by atoms with Crippen LogP contribution in [0.4, 0.5) is 13.2 Å². The summed E-state index contributed by atoms with van der Waals surface area (Å²) in [5.74, 6) is -2.22. The molecule has 1 N–H and O–H groups in total. The smallest absolute Gasteiger partial charge is 0.173 e. The predicted molar refractivity (Wildman–Crippen MR) is 80.6 cm³/mol. The summed E-state index contributed by atoms with van der Waals surface area (Å²) in [7, 11) is 0. The van der Waals surface area contributed by atoms with Gasteiger partial charge in [0.1, 0.15) is 5.82 Å². The Morgan fingerprint density at radius 1 is 1.14 bits per heavy atom. The van der Waals surface area contributed by atoms with Crippen LogP contribution in [-0.2, 0) is 0 Å². The van der Waals surface area contributed by atoms with Crippen LogP contribution in [0.1, 0.15) is 30.5 Å². The Morgan fingerprint density at radius 3 is 2.57 bits per heavy atom. The molecule has 0 spiro atoms. The molecule has 0 aliphatic heterocycles. The van der Waals surface area contributed by atoms with E-state index in [-0.39, 0.29) is 10.3 Å². The van der Waals surface area contributed by atoms with Crippen LogP contribution >= 0.6 is 15.9 Å². The highest BCUT2D eigenvalue weighted by Crippen LogP contribution is 2.32. The SMILES string of the molecule is CCCNC(c1cccc(F)c1)c1ccc(F)c(F)c1Br. The van der Waals surface area contributed by atoms with Gasteiger partial charge in [0.05, 0.1) is 10.5 Å². The summed E-state index contributed by atoms with van der Waals surface area (Å²) in [6.45, 7) is 2.67. The number of nitrogens with one attached hydrogen (secondary N) is 1. The topological polar surface area (TPSA) is 12.0 Å². The van der Waals surface area contributed by atoms with Crippen molar-refractivity contribution in [3.05, 3.63) is 69.4 Å². The molecule has 0 saturated carbocycles. The lowest BCUT2D eigenvalue weighted by molar-refractivity contribution is 0.497. The van der Waals surface area contributed by atoms with Gasteiger partial charge in [0.15, 0.2) is 11.6 Å². The number of benzene rings is 2. The lowest BCUT2D eigenvalue weighted by atomic mass is 9.98. The molecule has 21 heavy (non-hydrogen) atoms. The Kier molecular flexibility index (Phi) is 5.42. The number of hydrogen-bond donors (Lipinski definition) is 1. The van der Waals surface area contributed by atoms with Gasteiger partial charge in [0.2, 0.25) is 0 Å². The first-order chi connectivity index (χ1) is 10.0. The third kappa shape index (κ3) is 3.66. The first-order valence-corrected chi connectivity index (χ1v) is 7.46. The monoisotopic (exact) mass is 357 g/mol. The van der Waals surface area contributed by atoms with Gasteiger partial charge in [-0.1, -0.05) is 25.1 Å². The molecule has 1 nitrogen and oxygen atoms in total. The van der Waals surface area contributed by atoms with Gasteiger partial charge in [0.25, 0.3) is 0 Å². The van der Waals surface area contributed by atoms with Gasteiger partial charge in [-0.25, -0.2) is 13.2 Å². The fourth-order valence-corrected chi connectivity index (χ4v) is 2.70. The van der Waals surface area contributed by atoms with E-state index in [1.165, 1.54) is 18.2 Å². The van der Waals surface area contributed by atoms with Crippen molar-refractivity contribution in [2.45, 2.75) is 19.4 Å². The van der Waals surface area contributed by atoms with Gasteiger partial charge >= 0.3 is 0 Å². The molecule has 112 valence electrons. The molecule has 1 unspecified atom stereocenters. The van der Waals surface area contributed by atoms with Gasteiger partial charge < -0.3 is 5.32 Å². The highest BCUT2D eigenvalue weighted by molar-refractivity contribution is 9.10. The van der Waals surface area contributed by atoms with Gasteiger partial charge in [0, 0.05) is 0 Å². The van der Waals surface area contributed by atoms with E-state index in [0.29, 0.717) is 17.7 Å². The van der Waals surface area contributed by atoms with Crippen LogP contribution in [0.5, 0.6) is 0 Å². The Bertz CT molecular complexity index is 631. The van der Waals surface area contributed by atoms with Crippen LogP contribution < -0.4 is 5.32 Å². The number of rotatable bonds is 5. The summed E-state index contributed by atoms with van der Waals surface area (Å²) in [4.78, 5) is 0. The molecule has 1 atom stereocenters. The molecule has 0 radical (unpaired) electrons. The lowest BCUT2D eigenvalue weighted by Crippen LogP contribution is -2.24. The molecule has 0 fully saturated rings. The molecule has 0 bridgehead atoms. The normalized spacial score (nSPS) is 12.4. The van der Waals surface area contributed by atoms with Crippen molar-refractivity contribution in [1.29, 1.82) is 0 Å². The van der Waals surface area contributed by atoms with Gasteiger partial charge in [-0.05, 0) is 58.2 Å². The Morgan fingerprint density at radius 2 is 1.90 bits per heavy atom. The number of hydrogen-bond acceptors (Lipinski definition) is 1. The van der Waals surface area contributed by atoms with Crippen molar-refractivity contribution in [3.63, 3.8) is 0 Å². The molecule has 0 amide bonds. The Labute approximate surface area is 130 Å². The van der Waals surface area contributed by atoms with E-state index >= 15 is 0 Å². The molecule has 0 aliphatic rings. The molecule has 0 aliphatic carbocycles. The van der Waals surface area contributed by atoms with Crippen molar-refractivity contribution >= 4 is 15.9 Å². The minimum atomic E-state index is -0.938. The quantitative estimate of drug-likeness (QED) is 0.746. The molecule has 0 aromatic heterocycles. The second-order valence-electron chi connectivity index (χ2n) is 4.71. The minimum absolute atomic E-state index is 0.0559. The maximum absolute atomic E-state index is 13.7. The first-order valence-electron chi connectivity index (χ1n) is 6.66. The Hall–Kier alpha value is -1.33. The third-order valence-corrected chi connectivity index (χ3v) is 3.96. The molecule has 5 heteroatoms. The minimum Gasteiger partial charge on any atom is -0.306 e. The molecule has 2 rings (SSSR count). The Balaban J connectivity index is 2.48. The van der Waals surface area contributed by atoms with E-state index in [4.69, 9.17) is 0 Å². The third-order valence-electron chi connectivity index (χ3n) is 3.16. The van der Waals surface area contributed by atoms with Crippen LogP contribution in [0, 0.1) is 17.5 Å². The van der Waals surface area contributed by atoms with E-state index in [1.807, 2.05) is 6.92 Å². The molecule has 0 saturated heterocycles. The van der Waals surface area contributed by atoms with E-state index in [9.17, 15) is 13.2 Å². The summed E-state index contributed by atoms with van der Waals surface area (Å²) in [5.41, 5.74) is 1.20. The van der Waals surface area contributed by atoms with E-state index in [0.717, 1.165) is 12.5 Å². The van der Waals surface area contributed by atoms with Crippen molar-refractivity contribution in [2.24, 2.45) is 0 Å². The molecular formula is C16H15BrF3N. The standard InChI is InChI=1S/C16H15BrF3N/c1-2-8-21-16(10-4-3-5-11(18)9-10)12-6-7-13(19)15(20)14(12)17/h3-7,9,16,21H,2,8H2,1H3. The van der Waals surface area contributed by atoms with Gasteiger partial charge in [-0.15, -0.1) is 0 Å². The zero-order valence-corrected chi connectivity index (χ0v) is 13.1. The zero-order chi connectivity index (χ0) is 15.4. The second-order valence-corrected chi connectivity index (χ2v) is 5.50. The molecule has 0 heterocycles. The van der Waals surface area contributed by atoms with E-state index in [2.05, 4.69) is 21.2 Å². The summed E-state index contributed by atoms with van der Waals surface area (Å²) in [6.07, 6.45) is 0.868. The van der Waals surface area contributed by atoms with Crippen LogP contribution in [0.15, 0.2) is 40.9 Å². The largest absolute Gasteiger partial charge is 0.306 e. The first kappa shape index (κ1) is 16.0. The summed E-state index contributed by atoms with van der Waals surface area (Å²) in [6, 6.07) is 8.26. The van der Waals surface area contributed by atoms with Crippen LogP contribution in [0.2, 0.25) is 0 Å². The fourth-order valence-electron chi connectivity index (χ4n) is 2.15. The highest BCUT2D eigenvalue weighted by atomic mass is 79.9. The van der Waals surface area contributed by atoms with Crippen LogP contribution in [0.25, 0.3) is 0 Å². The van der Waals surface area contributed by atoms with E-state index < -0.39 is 17.7 Å². The van der Waals surface area contributed by atoms with E-state index in [1.54, 1.807) is 12.1 Å². The summed E-state index contributed by atoms with van der Waals surface area (Å²) < 4.78 is 40.5. The van der Waals surface area contributed by atoms with Gasteiger partial charge in [-0.2, -0.15) is 0 Å². The number of halogens is 4. The predicted octanol–water partition coefficient (Wildman–Crippen LogP) is 4.96. The van der Waals surface area contributed by atoms with Crippen molar-refractivity contribution < 1.29 is 13.2 Å². The maximum atomic E-state index is 13.7. The average Bonchev–Trinajstić information content (AvgIpc) is 2.47. The highest BCUT2D eigenvalue weighted by Gasteiger charge is 2.20. The average molecular weight is 358 g/mol. The van der Waals surface area contributed by atoms with Crippen LogP contribution in [-0.4, -0.2) is 6.54 Å². The second kappa shape index (κ2) is 7.09. The van der Waals surface area contributed by atoms with Crippen LogP contribution in [0.3, 0.4) is 0 Å². The molecule has 2 aromatic rings. The van der Waals surface area contributed by atoms with Crippen molar-refractivity contribution in [1.82, 2.24) is 5.32 Å².